The molecular formula is C22H21F3N2O5S. The van der Waals surface area contributed by atoms with Crippen LogP contribution in [-0.2, 0) is 14.6 Å². The molecule has 11 heteroatoms. The van der Waals surface area contributed by atoms with Crippen LogP contribution in [-0.4, -0.2) is 31.6 Å². The van der Waals surface area contributed by atoms with E-state index in [1.54, 1.807) is 26.0 Å². The highest BCUT2D eigenvalue weighted by molar-refractivity contribution is 7.91. The van der Waals surface area contributed by atoms with Crippen molar-refractivity contribution >= 4 is 21.4 Å². The quantitative estimate of drug-likeness (QED) is 0.511. The van der Waals surface area contributed by atoms with Gasteiger partial charge in [-0.25, -0.2) is 8.42 Å². The van der Waals surface area contributed by atoms with E-state index in [0.29, 0.717) is 22.6 Å². The Morgan fingerprint density at radius 1 is 1.09 bits per heavy atom. The number of hydrogen-bond acceptors (Lipinski definition) is 6. The summed E-state index contributed by atoms with van der Waals surface area (Å²) >= 11 is 0. The highest BCUT2D eigenvalue weighted by Crippen LogP contribution is 2.30. The van der Waals surface area contributed by atoms with Crippen LogP contribution in [0.2, 0.25) is 0 Å². The number of rotatable bonds is 7. The monoisotopic (exact) mass is 482 g/mol. The minimum Gasteiger partial charge on any atom is -0.406 e. The van der Waals surface area contributed by atoms with Crippen LogP contribution < -0.4 is 10.1 Å². The maximum absolute atomic E-state index is 12.9. The van der Waals surface area contributed by atoms with Gasteiger partial charge in [0, 0.05) is 23.2 Å². The first kappa shape index (κ1) is 24.3. The first-order valence-electron chi connectivity index (χ1n) is 9.78. The van der Waals surface area contributed by atoms with E-state index in [0.717, 1.165) is 17.7 Å². The molecule has 176 valence electrons. The number of sulfone groups is 1. The Morgan fingerprint density at radius 2 is 1.76 bits per heavy atom. The fourth-order valence-electron chi connectivity index (χ4n) is 3.06. The molecule has 1 heterocycles. The zero-order valence-corrected chi connectivity index (χ0v) is 18.8. The van der Waals surface area contributed by atoms with Gasteiger partial charge in [0.25, 0.3) is 0 Å². The lowest BCUT2D eigenvalue weighted by atomic mass is 10.1. The van der Waals surface area contributed by atoms with Crippen LogP contribution >= 0.6 is 0 Å². The van der Waals surface area contributed by atoms with E-state index in [9.17, 15) is 26.4 Å². The molecule has 0 saturated heterocycles. The number of amides is 1. The number of carbonyl (C=O) groups excluding carboxylic acids is 1. The van der Waals surface area contributed by atoms with Crippen molar-refractivity contribution in [2.24, 2.45) is 0 Å². The molecule has 7 nitrogen and oxygen atoms in total. The third-order valence-corrected chi connectivity index (χ3v) is 6.76. The summed E-state index contributed by atoms with van der Waals surface area (Å²) in [7, 11) is -3.81. The summed E-state index contributed by atoms with van der Waals surface area (Å²) in [5, 5.41) is 6.34. The predicted octanol–water partition coefficient (Wildman–Crippen LogP) is 4.97. The van der Waals surface area contributed by atoms with Crippen molar-refractivity contribution in [2.75, 3.05) is 11.1 Å². The highest BCUT2D eigenvalue weighted by Gasteiger charge is 2.31. The number of benzene rings is 2. The third kappa shape index (κ3) is 6.13. The summed E-state index contributed by atoms with van der Waals surface area (Å²) in [6.45, 7) is 5.25. The molecule has 33 heavy (non-hydrogen) atoms. The summed E-state index contributed by atoms with van der Waals surface area (Å²) < 4.78 is 71.5. The zero-order chi connectivity index (χ0) is 24.4. The van der Waals surface area contributed by atoms with Gasteiger partial charge in [-0.1, -0.05) is 17.3 Å². The van der Waals surface area contributed by atoms with E-state index in [1.807, 2.05) is 6.92 Å². The van der Waals surface area contributed by atoms with Crippen molar-refractivity contribution in [3.05, 3.63) is 59.3 Å². The molecule has 1 N–H and O–H groups in total. The molecule has 1 aromatic heterocycles. The van der Waals surface area contributed by atoms with E-state index in [4.69, 9.17) is 4.52 Å². The maximum Gasteiger partial charge on any atom is 0.573 e. The molecule has 0 saturated carbocycles. The van der Waals surface area contributed by atoms with Crippen LogP contribution in [0.4, 0.5) is 18.9 Å². The molecule has 0 fully saturated rings. The van der Waals surface area contributed by atoms with Gasteiger partial charge in [-0.2, -0.15) is 0 Å². The maximum atomic E-state index is 12.9. The highest BCUT2D eigenvalue weighted by atomic mass is 32.2. The van der Waals surface area contributed by atoms with Gasteiger partial charge in [0.1, 0.15) is 5.75 Å². The predicted molar refractivity (Wildman–Crippen MR) is 115 cm³/mol. The van der Waals surface area contributed by atoms with E-state index in [2.05, 4.69) is 15.2 Å². The Balaban J connectivity index is 1.68. The van der Waals surface area contributed by atoms with Crippen LogP contribution in [0.25, 0.3) is 11.3 Å². The van der Waals surface area contributed by atoms with Gasteiger partial charge in [0.2, 0.25) is 5.91 Å². The fourth-order valence-corrected chi connectivity index (χ4v) is 4.60. The van der Waals surface area contributed by atoms with Gasteiger partial charge < -0.3 is 14.6 Å². The number of nitrogens with one attached hydrogen (secondary N) is 1. The number of halogens is 3. The summed E-state index contributed by atoms with van der Waals surface area (Å²) in [5.41, 5.74) is 2.79. The molecule has 3 aromatic rings. The van der Waals surface area contributed by atoms with Crippen molar-refractivity contribution < 1.29 is 35.6 Å². The molecule has 0 bridgehead atoms. The van der Waals surface area contributed by atoms with Crippen molar-refractivity contribution in [1.82, 2.24) is 5.16 Å². The number of nitrogens with zero attached hydrogens (tertiary/aromatic N) is 1. The lowest BCUT2D eigenvalue weighted by Gasteiger charge is -2.11. The summed E-state index contributed by atoms with van der Waals surface area (Å²) in [6.07, 6.45) is -5.16. The molecule has 2 aromatic carbocycles. The Labute approximate surface area is 188 Å². The molecule has 0 aliphatic rings. The molecule has 0 atom stereocenters. The van der Waals surface area contributed by atoms with E-state index < -0.39 is 33.6 Å². The zero-order valence-electron chi connectivity index (χ0n) is 18.0. The van der Waals surface area contributed by atoms with Crippen LogP contribution in [0.3, 0.4) is 0 Å². The fraction of sp³-hybridized carbons (Fsp3) is 0.273. The second-order valence-corrected chi connectivity index (χ2v) is 9.47. The summed E-state index contributed by atoms with van der Waals surface area (Å²) in [4.78, 5) is 12.3. The summed E-state index contributed by atoms with van der Waals surface area (Å²) in [5.74, 6) is -1.01. The number of aromatic nitrogens is 1. The number of alkyl halides is 3. The van der Waals surface area contributed by atoms with Crippen molar-refractivity contribution in [3.63, 3.8) is 0 Å². The van der Waals surface area contributed by atoms with Gasteiger partial charge in [-0.3, -0.25) is 4.79 Å². The second kappa shape index (κ2) is 9.26. The molecule has 0 spiro atoms. The average molecular weight is 482 g/mol. The second-order valence-electron chi connectivity index (χ2n) is 7.39. The molecule has 0 aliphatic heterocycles. The van der Waals surface area contributed by atoms with Gasteiger partial charge in [-0.05, 0) is 56.7 Å². The van der Waals surface area contributed by atoms with E-state index >= 15 is 0 Å². The first-order valence-corrected chi connectivity index (χ1v) is 11.4. The molecular weight excluding hydrogens is 461 g/mol. The Hall–Kier alpha value is -3.34. The number of carbonyl (C=O) groups is 1. The topological polar surface area (TPSA) is 98.5 Å². The van der Waals surface area contributed by atoms with Crippen LogP contribution in [0.1, 0.15) is 23.2 Å². The third-order valence-electron chi connectivity index (χ3n) is 4.91. The molecule has 0 unspecified atom stereocenters. The molecule has 0 aliphatic carbocycles. The Bertz CT molecular complexity index is 1270. The normalized spacial score (nSPS) is 11.9. The van der Waals surface area contributed by atoms with Gasteiger partial charge in [-0.15, -0.1) is 13.2 Å². The minimum atomic E-state index is -4.82. The number of ether oxygens (including phenoxy) is 1. The van der Waals surface area contributed by atoms with Crippen molar-refractivity contribution in [1.29, 1.82) is 0 Å². The minimum absolute atomic E-state index is 0.0786. The lowest BCUT2D eigenvalue weighted by Crippen LogP contribution is -2.18. The number of anilines is 1. The smallest absolute Gasteiger partial charge is 0.406 e. The Morgan fingerprint density at radius 3 is 2.33 bits per heavy atom. The average Bonchev–Trinajstić information content (AvgIpc) is 3.06. The molecule has 0 radical (unpaired) electrons. The Kier molecular flexibility index (Phi) is 6.82. The summed E-state index contributed by atoms with van der Waals surface area (Å²) in [6, 6.07) is 9.43. The number of aryl methyl sites for hydroxylation is 2. The van der Waals surface area contributed by atoms with E-state index in [1.165, 1.54) is 18.2 Å². The van der Waals surface area contributed by atoms with E-state index in [-0.39, 0.29) is 17.0 Å². The molecule has 1 amide bonds. The van der Waals surface area contributed by atoms with Crippen molar-refractivity contribution in [3.8, 4) is 17.1 Å². The van der Waals surface area contributed by atoms with Crippen LogP contribution in [0, 0.1) is 20.8 Å². The molecule has 3 rings (SSSR count). The number of hydrogen-bond donors (Lipinski definition) is 1. The van der Waals surface area contributed by atoms with Crippen LogP contribution in [0.15, 0.2) is 51.9 Å². The van der Waals surface area contributed by atoms with Crippen LogP contribution in [0.5, 0.6) is 5.75 Å². The lowest BCUT2D eigenvalue weighted by molar-refractivity contribution is -0.274. The van der Waals surface area contributed by atoms with Gasteiger partial charge >= 0.3 is 6.36 Å². The first-order chi connectivity index (χ1) is 15.4. The van der Waals surface area contributed by atoms with Crippen molar-refractivity contribution in [2.45, 2.75) is 38.4 Å². The van der Waals surface area contributed by atoms with Gasteiger partial charge in [0.05, 0.1) is 16.3 Å². The standard InChI is InChI=1S/C22H21F3N2O5S/c1-13-4-5-16(21-14(2)15(3)27-32-21)12-19(13)33(29,30)11-10-20(28)26-17-6-8-18(9-7-17)31-22(23,24)25/h4-9,12H,10-11H2,1-3H3,(H,26,28). The SMILES string of the molecule is Cc1ccc(-c2onc(C)c2C)cc1S(=O)(=O)CCC(=O)Nc1ccc(OC(F)(F)F)cc1. The van der Waals surface area contributed by atoms with Gasteiger partial charge in [0.15, 0.2) is 15.6 Å². The largest absolute Gasteiger partial charge is 0.573 e.